The molecule has 1 rings (SSSR count). The van der Waals surface area contributed by atoms with E-state index < -0.39 is 0 Å². The van der Waals surface area contributed by atoms with Gasteiger partial charge in [-0.2, -0.15) is 0 Å². The summed E-state index contributed by atoms with van der Waals surface area (Å²) in [6.07, 6.45) is 4.91. The molecule has 0 aromatic rings. The molecule has 1 heterocycles. The smallest absolute Gasteiger partial charge is 0.0804 e. The Kier molecular flexibility index (Phi) is 4.90. The first-order chi connectivity index (χ1) is 6.76. The molecule has 0 amide bonds. The molecular weight excluding hydrogens is 174 g/mol. The summed E-state index contributed by atoms with van der Waals surface area (Å²) in [7, 11) is 0. The summed E-state index contributed by atoms with van der Waals surface area (Å²) in [5, 5.41) is 0. The van der Waals surface area contributed by atoms with Crippen molar-refractivity contribution in [3.8, 4) is 0 Å². The number of rotatable bonds is 5. The molecule has 0 aliphatic carbocycles. The van der Waals surface area contributed by atoms with Crippen molar-refractivity contribution in [1.29, 1.82) is 0 Å². The van der Waals surface area contributed by atoms with Gasteiger partial charge in [-0.15, -0.1) is 0 Å². The molecule has 1 aliphatic heterocycles. The second-order valence-corrected chi connectivity index (χ2v) is 4.37. The van der Waals surface area contributed by atoms with Crippen LogP contribution in [0.3, 0.4) is 0 Å². The zero-order valence-electron chi connectivity index (χ0n) is 10.0. The fourth-order valence-electron chi connectivity index (χ4n) is 2.17. The van der Waals surface area contributed by atoms with Gasteiger partial charge in [-0.1, -0.05) is 27.2 Å². The molecule has 14 heavy (non-hydrogen) atoms. The lowest BCUT2D eigenvalue weighted by molar-refractivity contribution is -0.113. The van der Waals surface area contributed by atoms with Crippen LogP contribution in [0, 0.1) is 0 Å². The maximum Gasteiger partial charge on any atom is 0.0804 e. The van der Waals surface area contributed by atoms with Gasteiger partial charge in [0.2, 0.25) is 0 Å². The fraction of sp³-hybridized carbons (Fsp3) is 1.00. The van der Waals surface area contributed by atoms with Gasteiger partial charge in [-0.05, 0) is 25.8 Å². The fourth-order valence-corrected chi connectivity index (χ4v) is 2.17. The average Bonchev–Trinajstić information content (AvgIpc) is 2.26. The molecule has 1 fully saturated rings. The minimum Gasteiger partial charge on any atom is -0.372 e. The van der Waals surface area contributed by atoms with Gasteiger partial charge in [0, 0.05) is 13.1 Å². The molecule has 0 spiro atoms. The van der Waals surface area contributed by atoms with Gasteiger partial charge in [-0.3, -0.25) is 4.90 Å². The summed E-state index contributed by atoms with van der Waals surface area (Å²) < 4.78 is 5.93. The second-order valence-electron chi connectivity index (χ2n) is 4.37. The number of hydrogen-bond acceptors (Lipinski definition) is 2. The van der Waals surface area contributed by atoms with Gasteiger partial charge < -0.3 is 4.74 Å². The van der Waals surface area contributed by atoms with E-state index in [2.05, 4.69) is 25.7 Å². The Balaban J connectivity index is 2.41. The Hall–Kier alpha value is -0.0800. The summed E-state index contributed by atoms with van der Waals surface area (Å²) >= 11 is 0. The molecule has 1 saturated heterocycles. The Morgan fingerprint density at radius 3 is 2.50 bits per heavy atom. The van der Waals surface area contributed by atoms with Crippen LogP contribution in [0.25, 0.3) is 0 Å². The second kappa shape index (κ2) is 5.72. The summed E-state index contributed by atoms with van der Waals surface area (Å²) in [5.41, 5.74) is 0.159. The van der Waals surface area contributed by atoms with E-state index >= 15 is 0 Å². The van der Waals surface area contributed by atoms with Gasteiger partial charge in [-0.25, -0.2) is 0 Å². The lowest BCUT2D eigenvalue weighted by Gasteiger charge is -2.42. The van der Waals surface area contributed by atoms with E-state index in [-0.39, 0.29) is 5.60 Å². The van der Waals surface area contributed by atoms with Crippen LogP contribution in [0.2, 0.25) is 0 Å². The van der Waals surface area contributed by atoms with Crippen molar-refractivity contribution in [2.24, 2.45) is 0 Å². The topological polar surface area (TPSA) is 12.5 Å². The van der Waals surface area contributed by atoms with Gasteiger partial charge in [0.15, 0.2) is 0 Å². The largest absolute Gasteiger partial charge is 0.372 e. The molecular formula is C12H25NO. The van der Waals surface area contributed by atoms with E-state index in [4.69, 9.17) is 4.74 Å². The van der Waals surface area contributed by atoms with Gasteiger partial charge in [0.05, 0.1) is 12.2 Å². The third-order valence-corrected chi connectivity index (χ3v) is 3.44. The van der Waals surface area contributed by atoms with Crippen LogP contribution < -0.4 is 0 Å². The molecule has 84 valence electrons. The minimum atomic E-state index is 0.159. The highest BCUT2D eigenvalue weighted by Gasteiger charge is 2.32. The van der Waals surface area contributed by atoms with Crippen LogP contribution in [-0.4, -0.2) is 36.7 Å². The van der Waals surface area contributed by atoms with Gasteiger partial charge >= 0.3 is 0 Å². The van der Waals surface area contributed by atoms with E-state index in [1.807, 2.05) is 0 Å². The van der Waals surface area contributed by atoms with Crippen LogP contribution in [-0.2, 0) is 4.74 Å². The monoisotopic (exact) mass is 199 g/mol. The van der Waals surface area contributed by atoms with Gasteiger partial charge in [0.25, 0.3) is 0 Å². The molecule has 0 aromatic heterocycles. The van der Waals surface area contributed by atoms with Crippen molar-refractivity contribution in [2.75, 3.05) is 26.2 Å². The zero-order chi connectivity index (χ0) is 10.4. The number of unbranched alkanes of at least 4 members (excludes halogenated alkanes) is 1. The molecule has 0 atom stereocenters. The van der Waals surface area contributed by atoms with Crippen molar-refractivity contribution < 1.29 is 4.74 Å². The third kappa shape index (κ3) is 2.96. The number of morpholine rings is 1. The molecule has 0 unspecified atom stereocenters. The minimum absolute atomic E-state index is 0.159. The summed E-state index contributed by atoms with van der Waals surface area (Å²) in [6, 6.07) is 0. The lowest BCUT2D eigenvalue weighted by Crippen LogP contribution is -2.51. The summed E-state index contributed by atoms with van der Waals surface area (Å²) in [6.45, 7) is 11.2. The van der Waals surface area contributed by atoms with Crippen LogP contribution in [0.4, 0.5) is 0 Å². The highest BCUT2D eigenvalue weighted by molar-refractivity contribution is 4.85. The zero-order valence-corrected chi connectivity index (χ0v) is 10.0. The SMILES string of the molecule is CCCCN1CCOC(CC)(CC)C1. The number of nitrogens with zero attached hydrogens (tertiary/aromatic N) is 1. The maximum absolute atomic E-state index is 5.93. The average molecular weight is 199 g/mol. The third-order valence-electron chi connectivity index (χ3n) is 3.44. The highest BCUT2D eigenvalue weighted by Crippen LogP contribution is 2.25. The van der Waals surface area contributed by atoms with Crippen LogP contribution in [0.15, 0.2) is 0 Å². The quantitative estimate of drug-likeness (QED) is 0.675. The Bertz CT molecular complexity index is 154. The molecule has 0 aromatic carbocycles. The molecule has 0 radical (unpaired) electrons. The van der Waals surface area contributed by atoms with E-state index in [1.165, 1.54) is 19.4 Å². The predicted octanol–water partition coefficient (Wildman–Crippen LogP) is 2.68. The first-order valence-corrected chi connectivity index (χ1v) is 6.12. The Labute approximate surface area is 88.6 Å². The van der Waals surface area contributed by atoms with Crippen molar-refractivity contribution in [2.45, 2.75) is 52.1 Å². The Morgan fingerprint density at radius 1 is 1.21 bits per heavy atom. The summed E-state index contributed by atoms with van der Waals surface area (Å²) in [4.78, 5) is 2.57. The van der Waals surface area contributed by atoms with Crippen LogP contribution in [0.5, 0.6) is 0 Å². The van der Waals surface area contributed by atoms with Crippen molar-refractivity contribution in [3.63, 3.8) is 0 Å². The van der Waals surface area contributed by atoms with Crippen LogP contribution in [0.1, 0.15) is 46.5 Å². The van der Waals surface area contributed by atoms with Gasteiger partial charge in [0.1, 0.15) is 0 Å². The Morgan fingerprint density at radius 2 is 1.93 bits per heavy atom. The summed E-state index contributed by atoms with van der Waals surface area (Å²) in [5.74, 6) is 0. The predicted molar refractivity (Wildman–Crippen MR) is 60.6 cm³/mol. The molecule has 0 saturated carbocycles. The van der Waals surface area contributed by atoms with E-state index in [1.54, 1.807) is 0 Å². The van der Waals surface area contributed by atoms with E-state index in [9.17, 15) is 0 Å². The van der Waals surface area contributed by atoms with E-state index in [0.717, 1.165) is 32.5 Å². The maximum atomic E-state index is 5.93. The number of hydrogen-bond donors (Lipinski definition) is 0. The standard InChI is InChI=1S/C12H25NO/c1-4-7-8-13-9-10-14-12(5-2,6-3)11-13/h4-11H2,1-3H3. The highest BCUT2D eigenvalue weighted by atomic mass is 16.5. The molecule has 0 bridgehead atoms. The van der Waals surface area contributed by atoms with Crippen molar-refractivity contribution in [3.05, 3.63) is 0 Å². The van der Waals surface area contributed by atoms with Crippen molar-refractivity contribution >= 4 is 0 Å². The van der Waals surface area contributed by atoms with Crippen molar-refractivity contribution in [1.82, 2.24) is 4.90 Å². The molecule has 2 heteroatoms. The lowest BCUT2D eigenvalue weighted by atomic mass is 9.95. The van der Waals surface area contributed by atoms with Crippen LogP contribution >= 0.6 is 0 Å². The molecule has 2 nitrogen and oxygen atoms in total. The number of ether oxygens (including phenoxy) is 1. The first-order valence-electron chi connectivity index (χ1n) is 6.12. The molecule has 0 N–H and O–H groups in total. The first kappa shape index (κ1) is 12.0. The molecule has 1 aliphatic rings. The van der Waals surface area contributed by atoms with E-state index in [0.29, 0.717) is 0 Å². The normalized spacial score (nSPS) is 22.5.